The molecule has 1 aliphatic heterocycles. The normalized spacial score (nSPS) is 12.6. The number of anilines is 3. The van der Waals surface area contributed by atoms with Crippen LogP contribution in [0.5, 0.6) is 11.5 Å². The van der Waals surface area contributed by atoms with Gasteiger partial charge in [-0.05, 0) is 60.7 Å². The summed E-state index contributed by atoms with van der Waals surface area (Å²) in [7, 11) is 0. The standard InChI is InChI=1S/C31H18N2O3/c1-4-10-26-21(7-1)22-17-30-23(18-29(22)34-26)32-31(36-30)19-13-15-20(16-14-19)33-24-8-2-5-11-27(24)35-28-12-6-3-9-25(28)33/h1-18H. The van der Waals surface area contributed by atoms with Gasteiger partial charge in [-0.1, -0.05) is 42.5 Å². The van der Waals surface area contributed by atoms with Crippen molar-refractivity contribution in [3.05, 3.63) is 109 Å². The molecule has 0 atom stereocenters. The number of ether oxygens (including phenoxy) is 1. The van der Waals surface area contributed by atoms with Crippen molar-refractivity contribution in [2.75, 3.05) is 4.90 Å². The average molecular weight is 466 g/mol. The zero-order chi connectivity index (χ0) is 23.6. The van der Waals surface area contributed by atoms with Crippen molar-refractivity contribution in [1.29, 1.82) is 0 Å². The molecule has 5 nitrogen and oxygen atoms in total. The second-order valence-corrected chi connectivity index (χ2v) is 8.85. The topological polar surface area (TPSA) is 51.6 Å². The van der Waals surface area contributed by atoms with Gasteiger partial charge in [-0.3, -0.25) is 0 Å². The lowest BCUT2D eigenvalue weighted by Gasteiger charge is -2.32. The van der Waals surface area contributed by atoms with Crippen LogP contribution < -0.4 is 9.64 Å². The number of aromatic nitrogens is 1. The van der Waals surface area contributed by atoms with E-state index in [-0.39, 0.29) is 0 Å². The molecule has 0 fully saturated rings. The lowest BCUT2D eigenvalue weighted by molar-refractivity contribution is 0.477. The Morgan fingerprint density at radius 1 is 0.556 bits per heavy atom. The molecule has 2 aromatic heterocycles. The van der Waals surface area contributed by atoms with Crippen molar-refractivity contribution < 1.29 is 13.6 Å². The average Bonchev–Trinajstić information content (AvgIpc) is 3.51. The molecule has 0 unspecified atom stereocenters. The Morgan fingerprint density at radius 3 is 2.03 bits per heavy atom. The fraction of sp³-hybridized carbons (Fsp3) is 0. The maximum absolute atomic E-state index is 6.19. The number of hydrogen-bond donors (Lipinski definition) is 0. The van der Waals surface area contributed by atoms with E-state index in [1.807, 2.05) is 78.9 Å². The molecule has 5 aromatic carbocycles. The van der Waals surface area contributed by atoms with Crippen LogP contribution in [0.15, 0.2) is 118 Å². The van der Waals surface area contributed by atoms with Crippen LogP contribution in [0.1, 0.15) is 0 Å². The third-order valence-electron chi connectivity index (χ3n) is 6.69. The molecule has 0 N–H and O–H groups in total. The van der Waals surface area contributed by atoms with E-state index in [2.05, 4.69) is 35.2 Å². The van der Waals surface area contributed by atoms with Crippen LogP contribution in [0.4, 0.5) is 17.1 Å². The molecule has 0 spiro atoms. The van der Waals surface area contributed by atoms with Crippen LogP contribution >= 0.6 is 0 Å². The van der Waals surface area contributed by atoms with Gasteiger partial charge in [-0.2, -0.15) is 0 Å². The van der Waals surface area contributed by atoms with Crippen LogP contribution in [0.2, 0.25) is 0 Å². The highest BCUT2D eigenvalue weighted by Crippen LogP contribution is 2.50. The molecule has 170 valence electrons. The summed E-state index contributed by atoms with van der Waals surface area (Å²) >= 11 is 0. The second-order valence-electron chi connectivity index (χ2n) is 8.85. The first kappa shape index (κ1) is 19.3. The van der Waals surface area contributed by atoms with Gasteiger partial charge in [-0.25, -0.2) is 4.98 Å². The van der Waals surface area contributed by atoms with Crippen molar-refractivity contribution >= 4 is 50.1 Å². The van der Waals surface area contributed by atoms with E-state index < -0.39 is 0 Å². The van der Waals surface area contributed by atoms with Crippen LogP contribution in [-0.4, -0.2) is 4.98 Å². The van der Waals surface area contributed by atoms with Gasteiger partial charge in [0.1, 0.15) is 16.7 Å². The van der Waals surface area contributed by atoms with Crippen LogP contribution in [0.3, 0.4) is 0 Å². The number of hydrogen-bond acceptors (Lipinski definition) is 5. The Kier molecular flexibility index (Phi) is 3.88. The molecule has 0 saturated heterocycles. The summed E-state index contributed by atoms with van der Waals surface area (Å²) in [5.41, 5.74) is 7.13. The molecule has 3 heterocycles. The Labute approximate surface area is 205 Å². The first-order chi connectivity index (χ1) is 17.8. The predicted octanol–water partition coefficient (Wildman–Crippen LogP) is 8.97. The van der Waals surface area contributed by atoms with Crippen LogP contribution in [-0.2, 0) is 0 Å². The van der Waals surface area contributed by atoms with Crippen molar-refractivity contribution in [3.8, 4) is 23.0 Å². The van der Waals surface area contributed by atoms with E-state index in [0.717, 1.165) is 67.2 Å². The summed E-state index contributed by atoms with van der Waals surface area (Å²) in [5, 5.41) is 2.10. The third-order valence-corrected chi connectivity index (χ3v) is 6.69. The third kappa shape index (κ3) is 2.80. The summed E-state index contributed by atoms with van der Waals surface area (Å²) in [6.45, 7) is 0. The van der Waals surface area contributed by atoms with Gasteiger partial charge in [0.05, 0.1) is 11.4 Å². The van der Waals surface area contributed by atoms with Gasteiger partial charge < -0.3 is 18.5 Å². The summed E-state index contributed by atoms with van der Waals surface area (Å²) in [5.74, 6) is 2.24. The van der Waals surface area contributed by atoms with E-state index >= 15 is 0 Å². The maximum Gasteiger partial charge on any atom is 0.227 e. The molecular formula is C31H18N2O3. The number of nitrogens with zero attached hydrogens (tertiary/aromatic N) is 2. The van der Waals surface area contributed by atoms with Crippen molar-refractivity contribution in [3.63, 3.8) is 0 Å². The minimum atomic E-state index is 0.580. The molecule has 0 amide bonds. The zero-order valence-corrected chi connectivity index (χ0v) is 19.0. The summed E-state index contributed by atoms with van der Waals surface area (Å²) in [4.78, 5) is 6.97. The molecule has 1 aliphatic rings. The summed E-state index contributed by atoms with van der Waals surface area (Å²) in [6, 6.07) is 36.4. The first-order valence-electron chi connectivity index (χ1n) is 11.8. The second kappa shape index (κ2) is 7.23. The smallest absolute Gasteiger partial charge is 0.227 e. The van der Waals surface area contributed by atoms with Gasteiger partial charge in [0.2, 0.25) is 5.89 Å². The van der Waals surface area contributed by atoms with Gasteiger partial charge in [-0.15, -0.1) is 0 Å². The Bertz CT molecular complexity index is 1890. The minimum Gasteiger partial charge on any atom is -0.456 e. The van der Waals surface area contributed by atoms with Gasteiger partial charge >= 0.3 is 0 Å². The van der Waals surface area contributed by atoms with Crippen molar-refractivity contribution in [2.24, 2.45) is 0 Å². The Hall–Kier alpha value is -5.03. The quantitative estimate of drug-likeness (QED) is 0.254. The number of fused-ring (bicyclic) bond motifs is 6. The Morgan fingerprint density at radius 2 is 1.25 bits per heavy atom. The number of benzene rings is 5. The zero-order valence-electron chi connectivity index (χ0n) is 19.0. The summed E-state index contributed by atoms with van der Waals surface area (Å²) < 4.78 is 18.3. The van der Waals surface area contributed by atoms with E-state index in [1.165, 1.54) is 0 Å². The van der Waals surface area contributed by atoms with Gasteiger partial charge in [0, 0.05) is 28.1 Å². The number of para-hydroxylation sites is 5. The first-order valence-corrected chi connectivity index (χ1v) is 11.8. The molecule has 7 aromatic rings. The SMILES string of the molecule is c1ccc2c(c1)Oc1ccccc1N2c1ccc(-c2nc3cc4oc5ccccc5c4cc3o2)cc1. The number of oxazole rings is 1. The van der Waals surface area contributed by atoms with E-state index in [0.29, 0.717) is 5.89 Å². The lowest BCUT2D eigenvalue weighted by Crippen LogP contribution is -2.15. The maximum atomic E-state index is 6.19. The fourth-order valence-electron chi connectivity index (χ4n) is 5.01. The molecule has 0 saturated carbocycles. The fourth-order valence-corrected chi connectivity index (χ4v) is 5.01. The highest BCUT2D eigenvalue weighted by atomic mass is 16.5. The summed E-state index contributed by atoms with van der Waals surface area (Å²) in [6.07, 6.45) is 0. The molecule has 8 rings (SSSR count). The van der Waals surface area contributed by atoms with Crippen molar-refractivity contribution in [2.45, 2.75) is 0 Å². The predicted molar refractivity (Wildman–Crippen MR) is 141 cm³/mol. The molecule has 0 bridgehead atoms. The largest absolute Gasteiger partial charge is 0.456 e. The van der Waals surface area contributed by atoms with Gasteiger partial charge in [0.25, 0.3) is 0 Å². The van der Waals surface area contributed by atoms with Crippen LogP contribution in [0.25, 0.3) is 44.5 Å². The molecular weight excluding hydrogens is 448 g/mol. The molecule has 0 aliphatic carbocycles. The number of rotatable bonds is 2. The molecule has 0 radical (unpaired) electrons. The minimum absolute atomic E-state index is 0.580. The molecule has 5 heteroatoms. The lowest BCUT2D eigenvalue weighted by atomic mass is 10.1. The van der Waals surface area contributed by atoms with Crippen molar-refractivity contribution in [1.82, 2.24) is 4.98 Å². The Balaban J connectivity index is 1.21. The molecule has 36 heavy (non-hydrogen) atoms. The highest BCUT2D eigenvalue weighted by molar-refractivity contribution is 6.08. The van der Waals surface area contributed by atoms with E-state index in [4.69, 9.17) is 18.6 Å². The van der Waals surface area contributed by atoms with Crippen LogP contribution in [0, 0.1) is 0 Å². The highest BCUT2D eigenvalue weighted by Gasteiger charge is 2.25. The van der Waals surface area contributed by atoms with E-state index in [1.54, 1.807) is 0 Å². The van der Waals surface area contributed by atoms with E-state index in [9.17, 15) is 0 Å². The number of furan rings is 1. The monoisotopic (exact) mass is 466 g/mol. The van der Waals surface area contributed by atoms with Gasteiger partial charge in [0.15, 0.2) is 17.1 Å².